The number of ketones is 1. The molecule has 0 radical (unpaired) electrons. The van der Waals surface area contributed by atoms with Crippen molar-refractivity contribution in [2.75, 3.05) is 13.1 Å². The van der Waals surface area contributed by atoms with Crippen LogP contribution in [0.2, 0.25) is 0 Å². The summed E-state index contributed by atoms with van der Waals surface area (Å²) < 4.78 is 0. The van der Waals surface area contributed by atoms with Gasteiger partial charge in [-0.25, -0.2) is 4.98 Å². The zero-order valence-electron chi connectivity index (χ0n) is 16.5. The minimum absolute atomic E-state index is 0.00821. The molecule has 0 aliphatic carbocycles. The quantitative estimate of drug-likeness (QED) is 0.575. The predicted molar refractivity (Wildman–Crippen MR) is 116 cm³/mol. The van der Waals surface area contributed by atoms with Crippen molar-refractivity contribution < 1.29 is 9.59 Å². The first kappa shape index (κ1) is 19.5. The van der Waals surface area contributed by atoms with Crippen LogP contribution < -0.4 is 0 Å². The lowest BCUT2D eigenvalue weighted by Gasteiger charge is -2.31. The molecule has 5 heteroatoms. The maximum absolute atomic E-state index is 12.7. The molecule has 148 valence electrons. The number of Topliss-reactive ketones (excluding diaryl/α,β-unsaturated/α-hetero) is 1. The van der Waals surface area contributed by atoms with E-state index in [0.29, 0.717) is 19.5 Å². The number of aryl methyl sites for hydroxylation is 1. The van der Waals surface area contributed by atoms with Gasteiger partial charge in [0, 0.05) is 35.5 Å². The van der Waals surface area contributed by atoms with Gasteiger partial charge in [0.05, 0.1) is 12.1 Å². The predicted octanol–water partition coefficient (Wildman–Crippen LogP) is 4.78. The van der Waals surface area contributed by atoms with Crippen molar-refractivity contribution >= 4 is 23.0 Å². The van der Waals surface area contributed by atoms with Gasteiger partial charge in [-0.05, 0) is 19.8 Å². The van der Waals surface area contributed by atoms with Crippen molar-refractivity contribution in [1.82, 2.24) is 9.88 Å². The molecule has 1 fully saturated rings. The zero-order valence-corrected chi connectivity index (χ0v) is 17.3. The van der Waals surface area contributed by atoms with Crippen LogP contribution in [0.4, 0.5) is 0 Å². The molecule has 0 bridgehead atoms. The molecule has 1 saturated heterocycles. The maximum atomic E-state index is 12.7. The van der Waals surface area contributed by atoms with Gasteiger partial charge in [-0.3, -0.25) is 9.59 Å². The van der Waals surface area contributed by atoms with Gasteiger partial charge in [-0.15, -0.1) is 11.3 Å². The molecule has 4 rings (SSSR count). The van der Waals surface area contributed by atoms with E-state index in [1.165, 1.54) is 5.56 Å². The number of benzene rings is 2. The molecule has 0 N–H and O–H groups in total. The third kappa shape index (κ3) is 4.62. The van der Waals surface area contributed by atoms with Crippen LogP contribution in [0, 0.1) is 12.8 Å². The summed E-state index contributed by atoms with van der Waals surface area (Å²) in [5.41, 5.74) is 3.89. The van der Waals surface area contributed by atoms with Crippen molar-refractivity contribution in [2.45, 2.75) is 26.2 Å². The Hall–Kier alpha value is -2.79. The molecule has 1 aliphatic heterocycles. The van der Waals surface area contributed by atoms with Gasteiger partial charge in [0.2, 0.25) is 5.91 Å². The third-order valence-electron chi connectivity index (χ3n) is 5.46. The molecule has 2 heterocycles. The lowest BCUT2D eigenvalue weighted by Crippen LogP contribution is -2.41. The number of carbonyl (C=O) groups excluding carboxylic acids is 2. The van der Waals surface area contributed by atoms with Gasteiger partial charge in [-0.2, -0.15) is 0 Å². The first-order chi connectivity index (χ1) is 14.1. The number of hydrogen-bond acceptors (Lipinski definition) is 4. The van der Waals surface area contributed by atoms with Gasteiger partial charge in [0.25, 0.3) is 0 Å². The number of nitrogens with zero attached hydrogens (tertiary/aromatic N) is 2. The smallest absolute Gasteiger partial charge is 0.228 e. The monoisotopic (exact) mass is 404 g/mol. The number of aromatic nitrogens is 1. The molecule has 3 aromatic rings. The fourth-order valence-electron chi connectivity index (χ4n) is 3.71. The van der Waals surface area contributed by atoms with Crippen LogP contribution in [0.1, 0.15) is 34.5 Å². The second-order valence-electron chi connectivity index (χ2n) is 7.57. The summed E-state index contributed by atoms with van der Waals surface area (Å²) >= 11 is 1.57. The van der Waals surface area contributed by atoms with Gasteiger partial charge in [0.15, 0.2) is 5.78 Å². The molecule has 1 aliphatic rings. The van der Waals surface area contributed by atoms with Crippen LogP contribution in [0.3, 0.4) is 0 Å². The Morgan fingerprint density at radius 2 is 1.72 bits per heavy atom. The number of rotatable bonds is 5. The van der Waals surface area contributed by atoms with Crippen molar-refractivity contribution in [3.8, 4) is 10.6 Å². The van der Waals surface area contributed by atoms with Crippen molar-refractivity contribution in [3.63, 3.8) is 0 Å². The summed E-state index contributed by atoms with van der Waals surface area (Å²) in [5.74, 6) is 0.296. The highest BCUT2D eigenvalue weighted by molar-refractivity contribution is 7.13. The second-order valence-corrected chi connectivity index (χ2v) is 8.43. The number of hydrogen-bond donors (Lipinski definition) is 0. The number of piperidine rings is 1. The zero-order chi connectivity index (χ0) is 20.2. The fourth-order valence-corrected chi connectivity index (χ4v) is 4.54. The molecule has 0 atom stereocenters. The van der Waals surface area contributed by atoms with E-state index < -0.39 is 0 Å². The van der Waals surface area contributed by atoms with E-state index in [2.05, 4.69) is 36.2 Å². The van der Waals surface area contributed by atoms with E-state index in [4.69, 9.17) is 0 Å². The summed E-state index contributed by atoms with van der Waals surface area (Å²) in [5, 5.41) is 2.92. The molecule has 4 nitrogen and oxygen atoms in total. The van der Waals surface area contributed by atoms with Crippen LogP contribution in [0.15, 0.2) is 60.0 Å². The second kappa shape index (κ2) is 8.70. The summed E-state index contributed by atoms with van der Waals surface area (Å²) in [6.07, 6.45) is 1.77. The van der Waals surface area contributed by atoms with Gasteiger partial charge >= 0.3 is 0 Å². The average molecular weight is 405 g/mol. The van der Waals surface area contributed by atoms with Gasteiger partial charge in [-0.1, -0.05) is 60.2 Å². The Labute approximate surface area is 175 Å². The van der Waals surface area contributed by atoms with Crippen molar-refractivity contribution in [2.24, 2.45) is 5.92 Å². The lowest BCUT2D eigenvalue weighted by atomic mass is 9.89. The summed E-state index contributed by atoms with van der Waals surface area (Å²) in [7, 11) is 0. The van der Waals surface area contributed by atoms with Crippen LogP contribution in [-0.4, -0.2) is 34.7 Å². The van der Waals surface area contributed by atoms with E-state index in [9.17, 15) is 9.59 Å². The first-order valence-corrected chi connectivity index (χ1v) is 10.9. The fraction of sp³-hybridized carbons (Fsp3) is 0.292. The summed E-state index contributed by atoms with van der Waals surface area (Å²) in [6, 6.07) is 17.7. The van der Waals surface area contributed by atoms with E-state index in [0.717, 1.165) is 34.7 Å². The van der Waals surface area contributed by atoms with Gasteiger partial charge in [0.1, 0.15) is 5.01 Å². The highest BCUT2D eigenvalue weighted by Crippen LogP contribution is 2.25. The highest BCUT2D eigenvalue weighted by atomic mass is 32.1. The van der Waals surface area contributed by atoms with Crippen molar-refractivity contribution in [3.05, 3.63) is 76.8 Å². The normalized spacial score (nSPS) is 14.7. The Bertz CT molecular complexity index is 987. The number of amides is 1. The molecule has 0 saturated carbocycles. The Morgan fingerprint density at radius 3 is 2.41 bits per heavy atom. The highest BCUT2D eigenvalue weighted by Gasteiger charge is 2.28. The molecule has 1 amide bonds. The number of carbonyl (C=O) groups is 2. The van der Waals surface area contributed by atoms with Crippen LogP contribution in [-0.2, 0) is 11.2 Å². The standard InChI is InChI=1S/C24H24N2O2S/c1-17-7-9-20(10-8-17)24-25-21(16-29-24)15-22(27)26-13-11-19(12-14-26)23(28)18-5-3-2-4-6-18/h2-10,16,19H,11-15H2,1H3. The van der Waals surface area contributed by atoms with Crippen LogP contribution in [0.5, 0.6) is 0 Å². The molecule has 0 unspecified atom stereocenters. The molecule has 0 spiro atoms. The Morgan fingerprint density at radius 1 is 1.03 bits per heavy atom. The average Bonchev–Trinajstić information content (AvgIpc) is 3.23. The number of thiazole rings is 1. The molecule has 1 aromatic heterocycles. The lowest BCUT2D eigenvalue weighted by molar-refractivity contribution is -0.131. The topological polar surface area (TPSA) is 50.3 Å². The molecule has 2 aromatic carbocycles. The largest absolute Gasteiger partial charge is 0.342 e. The van der Waals surface area contributed by atoms with Gasteiger partial charge < -0.3 is 4.90 Å². The minimum atomic E-state index is 0.00821. The van der Waals surface area contributed by atoms with Crippen LogP contribution >= 0.6 is 11.3 Å². The number of likely N-dealkylation sites (tertiary alicyclic amines) is 1. The van der Waals surface area contributed by atoms with E-state index in [1.54, 1.807) is 11.3 Å². The van der Waals surface area contributed by atoms with E-state index >= 15 is 0 Å². The third-order valence-corrected chi connectivity index (χ3v) is 6.40. The SMILES string of the molecule is Cc1ccc(-c2nc(CC(=O)N3CCC(C(=O)c4ccccc4)CC3)cs2)cc1. The minimum Gasteiger partial charge on any atom is -0.342 e. The first-order valence-electron chi connectivity index (χ1n) is 9.98. The Kier molecular flexibility index (Phi) is 5.86. The summed E-state index contributed by atoms with van der Waals surface area (Å²) in [6.45, 7) is 3.33. The summed E-state index contributed by atoms with van der Waals surface area (Å²) in [4.78, 5) is 31.8. The van der Waals surface area contributed by atoms with E-state index in [1.807, 2.05) is 40.6 Å². The molecule has 29 heavy (non-hydrogen) atoms. The van der Waals surface area contributed by atoms with E-state index in [-0.39, 0.29) is 17.6 Å². The van der Waals surface area contributed by atoms with Crippen LogP contribution in [0.25, 0.3) is 10.6 Å². The molecular formula is C24H24N2O2S. The van der Waals surface area contributed by atoms with Crippen molar-refractivity contribution in [1.29, 1.82) is 0 Å². The Balaban J connectivity index is 1.32. The molecular weight excluding hydrogens is 380 g/mol. The maximum Gasteiger partial charge on any atom is 0.228 e.